The highest BCUT2D eigenvalue weighted by molar-refractivity contribution is 7.90. The lowest BCUT2D eigenvalue weighted by molar-refractivity contribution is -0.132. The molecule has 6 rings (SSSR count). The molecule has 2 aliphatic heterocycles. The molecule has 1 amide bonds. The number of amides is 1. The van der Waals surface area contributed by atoms with E-state index in [1.54, 1.807) is 16.1 Å². The second-order valence-electron chi connectivity index (χ2n) is 10.2. The summed E-state index contributed by atoms with van der Waals surface area (Å²) in [5.74, 6) is 1.19. The summed E-state index contributed by atoms with van der Waals surface area (Å²) < 4.78 is 30.1. The summed E-state index contributed by atoms with van der Waals surface area (Å²) in [7, 11) is -3.84. The Morgan fingerprint density at radius 3 is 2.55 bits per heavy atom. The van der Waals surface area contributed by atoms with Gasteiger partial charge in [0.15, 0.2) is 0 Å². The fourth-order valence-electron chi connectivity index (χ4n) is 7.36. The Morgan fingerprint density at radius 2 is 1.82 bits per heavy atom. The summed E-state index contributed by atoms with van der Waals surface area (Å²) in [5, 5.41) is 1.00. The molecule has 3 aromatic rings. The third-order valence-electron chi connectivity index (χ3n) is 8.63. The van der Waals surface area contributed by atoms with Crippen molar-refractivity contribution in [2.24, 2.45) is 17.8 Å². The van der Waals surface area contributed by atoms with Crippen molar-refractivity contribution < 1.29 is 13.2 Å². The van der Waals surface area contributed by atoms with Gasteiger partial charge in [0.2, 0.25) is 5.91 Å². The van der Waals surface area contributed by atoms with E-state index in [1.807, 2.05) is 48.2 Å². The van der Waals surface area contributed by atoms with Crippen molar-refractivity contribution >= 4 is 26.8 Å². The molecule has 2 aromatic carbocycles. The zero-order chi connectivity index (χ0) is 23.1. The molecule has 1 aromatic heterocycles. The van der Waals surface area contributed by atoms with Gasteiger partial charge in [-0.2, -0.15) is 0 Å². The van der Waals surface area contributed by atoms with Crippen LogP contribution >= 0.6 is 0 Å². The topological polar surface area (TPSA) is 59.4 Å². The zero-order valence-electron chi connectivity index (χ0n) is 19.4. The maximum absolute atomic E-state index is 14.2. The molecule has 172 valence electrons. The van der Waals surface area contributed by atoms with Crippen LogP contribution in [0.4, 0.5) is 0 Å². The van der Waals surface area contributed by atoms with Crippen LogP contribution in [-0.4, -0.2) is 29.7 Å². The Hall–Kier alpha value is -2.60. The normalized spacial score (nSPS) is 28.8. The van der Waals surface area contributed by atoms with E-state index >= 15 is 0 Å². The van der Waals surface area contributed by atoms with Crippen molar-refractivity contribution in [1.29, 1.82) is 0 Å². The van der Waals surface area contributed by atoms with E-state index in [4.69, 9.17) is 0 Å². The van der Waals surface area contributed by atoms with Crippen LogP contribution < -0.4 is 0 Å². The van der Waals surface area contributed by atoms with Gasteiger partial charge >= 0.3 is 0 Å². The molecule has 1 aliphatic carbocycles. The molecule has 4 atom stereocenters. The van der Waals surface area contributed by atoms with Gasteiger partial charge in [-0.3, -0.25) is 4.79 Å². The molecule has 2 fully saturated rings. The number of hydrogen-bond donors (Lipinski definition) is 0. The summed E-state index contributed by atoms with van der Waals surface area (Å²) in [6.45, 7) is 7.11. The van der Waals surface area contributed by atoms with Crippen LogP contribution in [0.2, 0.25) is 0 Å². The largest absolute Gasteiger partial charge is 0.331 e. The highest BCUT2D eigenvalue weighted by atomic mass is 32.2. The van der Waals surface area contributed by atoms with Crippen LogP contribution in [0.25, 0.3) is 10.9 Å². The number of aryl methyl sites for hydroxylation is 1. The van der Waals surface area contributed by atoms with Gasteiger partial charge in [-0.15, -0.1) is 0 Å². The number of hydrogen-bond acceptors (Lipinski definition) is 3. The standard InChI is InChI=1S/C27H30N2O3S/c1-4-20-18(3)16-27-23(20)15-25(30)28(27)14-13-22-21-7-5-6-8-24(21)29(26(22)27)33(31,32)19-11-9-17(2)10-12-19/h5-12,18,20,23H,4,13-16H2,1-3H3/t18-,20+,23?,27?/m0/s1. The first-order valence-electron chi connectivity index (χ1n) is 12.1. The molecule has 0 N–H and O–H groups in total. The first-order chi connectivity index (χ1) is 15.8. The molecule has 1 spiro atoms. The maximum Gasteiger partial charge on any atom is 0.268 e. The van der Waals surface area contributed by atoms with E-state index in [0.717, 1.165) is 40.6 Å². The predicted molar refractivity (Wildman–Crippen MR) is 128 cm³/mol. The Labute approximate surface area is 195 Å². The Kier molecular flexibility index (Phi) is 4.42. The minimum atomic E-state index is -3.84. The lowest BCUT2D eigenvalue weighted by Gasteiger charge is -2.44. The summed E-state index contributed by atoms with van der Waals surface area (Å²) in [6, 6.07) is 15.0. The Morgan fingerprint density at radius 1 is 1.09 bits per heavy atom. The van der Waals surface area contributed by atoms with Gasteiger partial charge in [0.1, 0.15) is 0 Å². The molecule has 0 radical (unpaired) electrons. The summed E-state index contributed by atoms with van der Waals surface area (Å²) in [6.07, 6.45) is 3.05. The van der Waals surface area contributed by atoms with Crippen molar-refractivity contribution in [1.82, 2.24) is 8.87 Å². The molecule has 0 bridgehead atoms. The molecular formula is C27H30N2O3S. The van der Waals surface area contributed by atoms with Crippen molar-refractivity contribution in [3.63, 3.8) is 0 Å². The molecule has 3 heterocycles. The first-order valence-corrected chi connectivity index (χ1v) is 13.5. The molecule has 33 heavy (non-hydrogen) atoms. The van der Waals surface area contributed by atoms with Crippen LogP contribution in [0.3, 0.4) is 0 Å². The lowest BCUT2D eigenvalue weighted by Crippen LogP contribution is -2.51. The molecule has 3 aliphatic rings. The van der Waals surface area contributed by atoms with Crippen molar-refractivity contribution in [2.45, 2.75) is 56.9 Å². The van der Waals surface area contributed by atoms with E-state index in [0.29, 0.717) is 36.1 Å². The second-order valence-corrected chi connectivity index (χ2v) is 12.0. The van der Waals surface area contributed by atoms with Gasteiger partial charge in [-0.05, 0) is 61.3 Å². The first kappa shape index (κ1) is 21.0. The molecule has 2 unspecified atom stereocenters. The zero-order valence-corrected chi connectivity index (χ0v) is 20.2. The number of rotatable bonds is 3. The summed E-state index contributed by atoms with van der Waals surface area (Å²) in [4.78, 5) is 15.6. The highest BCUT2D eigenvalue weighted by Crippen LogP contribution is 2.62. The van der Waals surface area contributed by atoms with E-state index in [9.17, 15) is 13.2 Å². The monoisotopic (exact) mass is 462 g/mol. The van der Waals surface area contributed by atoms with Crippen LogP contribution in [0.1, 0.15) is 49.9 Å². The number of benzene rings is 2. The number of para-hydroxylation sites is 1. The Bertz CT molecular complexity index is 1390. The predicted octanol–water partition coefficient (Wildman–Crippen LogP) is 4.85. The third kappa shape index (κ3) is 2.59. The average Bonchev–Trinajstić information content (AvgIpc) is 3.37. The number of nitrogens with zero attached hydrogens (tertiary/aromatic N) is 2. The van der Waals surface area contributed by atoms with Gasteiger partial charge in [-0.25, -0.2) is 12.4 Å². The number of fused-ring (bicyclic) bond motifs is 3. The molecule has 6 heteroatoms. The smallest absolute Gasteiger partial charge is 0.268 e. The van der Waals surface area contributed by atoms with E-state index in [2.05, 4.69) is 13.8 Å². The second kappa shape index (κ2) is 6.95. The molecule has 1 saturated heterocycles. The summed E-state index contributed by atoms with van der Waals surface area (Å²) >= 11 is 0. The number of carbonyl (C=O) groups excluding carboxylic acids is 1. The fourth-order valence-corrected chi connectivity index (χ4v) is 8.98. The van der Waals surface area contributed by atoms with Crippen molar-refractivity contribution in [3.8, 4) is 0 Å². The van der Waals surface area contributed by atoms with Crippen LogP contribution in [0, 0.1) is 24.7 Å². The molecular weight excluding hydrogens is 432 g/mol. The van der Waals surface area contributed by atoms with Crippen LogP contribution in [0.15, 0.2) is 53.4 Å². The minimum Gasteiger partial charge on any atom is -0.331 e. The van der Waals surface area contributed by atoms with Gasteiger partial charge in [-0.1, -0.05) is 56.2 Å². The summed E-state index contributed by atoms with van der Waals surface area (Å²) in [5.41, 5.74) is 3.18. The van der Waals surface area contributed by atoms with E-state index in [1.165, 1.54) is 0 Å². The quantitative estimate of drug-likeness (QED) is 0.559. The minimum absolute atomic E-state index is 0.153. The van der Waals surface area contributed by atoms with Crippen LogP contribution in [-0.2, 0) is 26.8 Å². The lowest BCUT2D eigenvalue weighted by atomic mass is 9.77. The van der Waals surface area contributed by atoms with Crippen LogP contribution in [0.5, 0.6) is 0 Å². The third-order valence-corrected chi connectivity index (χ3v) is 10.4. The van der Waals surface area contributed by atoms with Gasteiger partial charge < -0.3 is 4.90 Å². The molecule has 1 saturated carbocycles. The Balaban J connectivity index is 1.71. The maximum atomic E-state index is 14.2. The average molecular weight is 463 g/mol. The van der Waals surface area contributed by atoms with Crippen molar-refractivity contribution in [2.75, 3.05) is 6.54 Å². The number of carbonyl (C=O) groups is 1. The van der Waals surface area contributed by atoms with Crippen molar-refractivity contribution in [3.05, 3.63) is 65.4 Å². The SMILES string of the molecule is CC[C@H]1C2CC(=O)N3CCc4c(n(S(=O)(=O)c5ccc(C)cc5)c5ccccc45)C23C[C@@H]1C. The van der Waals surface area contributed by atoms with Gasteiger partial charge in [0.05, 0.1) is 21.6 Å². The van der Waals surface area contributed by atoms with Gasteiger partial charge in [0, 0.05) is 18.4 Å². The fraction of sp³-hybridized carbons (Fsp3) is 0.444. The highest BCUT2D eigenvalue weighted by Gasteiger charge is 2.65. The van der Waals surface area contributed by atoms with E-state index in [-0.39, 0.29) is 11.8 Å². The number of aromatic nitrogens is 1. The van der Waals surface area contributed by atoms with E-state index < -0.39 is 15.6 Å². The van der Waals surface area contributed by atoms with Gasteiger partial charge in [0.25, 0.3) is 10.0 Å². The molecule has 5 nitrogen and oxygen atoms in total.